The quantitative estimate of drug-likeness (QED) is 0.497. The summed E-state index contributed by atoms with van der Waals surface area (Å²) in [6.45, 7) is 0. The van der Waals surface area contributed by atoms with Gasteiger partial charge in [0.2, 0.25) is 5.13 Å². The first-order chi connectivity index (χ1) is 9.97. The Morgan fingerprint density at radius 1 is 1.52 bits per heavy atom. The maximum atomic E-state index is 10.8. The van der Waals surface area contributed by atoms with Gasteiger partial charge in [-0.25, -0.2) is 4.98 Å². The normalized spacial score (nSPS) is 10.8. The summed E-state index contributed by atoms with van der Waals surface area (Å²) < 4.78 is 0. The Labute approximate surface area is 125 Å². The first kappa shape index (κ1) is 14.7. The molecular formula is C12H14N6O2S. The van der Waals surface area contributed by atoms with Gasteiger partial charge in [0.15, 0.2) is 0 Å². The second-order valence-corrected chi connectivity index (χ2v) is 5.20. The number of benzene rings is 1. The van der Waals surface area contributed by atoms with E-state index in [1.54, 1.807) is 11.4 Å². The minimum Gasteiger partial charge on any atom is -0.383 e. The molecular weight excluding hydrogens is 292 g/mol. The molecule has 0 fully saturated rings. The fourth-order valence-corrected chi connectivity index (χ4v) is 2.21. The van der Waals surface area contributed by atoms with E-state index < -0.39 is 4.92 Å². The Kier molecular flexibility index (Phi) is 4.33. The zero-order chi connectivity index (χ0) is 15.4. The Hall–Kier alpha value is -2.68. The van der Waals surface area contributed by atoms with Gasteiger partial charge in [-0.1, -0.05) is 0 Å². The van der Waals surface area contributed by atoms with E-state index in [0.29, 0.717) is 16.5 Å². The van der Waals surface area contributed by atoms with E-state index in [4.69, 9.17) is 5.73 Å². The lowest BCUT2D eigenvalue weighted by Crippen LogP contribution is -2.11. The molecule has 0 aliphatic heterocycles. The number of non-ortho nitro benzene ring substituents is 1. The molecule has 1 aromatic heterocycles. The Morgan fingerprint density at radius 2 is 2.29 bits per heavy atom. The number of nitrogen functional groups attached to an aromatic ring is 1. The van der Waals surface area contributed by atoms with Gasteiger partial charge in [-0.2, -0.15) is 5.10 Å². The van der Waals surface area contributed by atoms with Crippen LogP contribution in [0, 0.1) is 10.1 Å². The number of rotatable bonds is 5. The number of nitro benzene ring substituents is 1. The highest BCUT2D eigenvalue weighted by Gasteiger charge is 2.10. The molecule has 9 heteroatoms. The van der Waals surface area contributed by atoms with Gasteiger partial charge >= 0.3 is 0 Å². The van der Waals surface area contributed by atoms with Crippen molar-refractivity contribution in [2.45, 2.75) is 0 Å². The van der Waals surface area contributed by atoms with Crippen molar-refractivity contribution in [1.82, 2.24) is 4.98 Å². The first-order valence-corrected chi connectivity index (χ1v) is 6.81. The second-order valence-electron chi connectivity index (χ2n) is 4.34. The number of thiazole rings is 1. The molecule has 1 heterocycles. The topological polar surface area (TPSA) is 110 Å². The highest BCUT2D eigenvalue weighted by molar-refractivity contribution is 7.14. The van der Waals surface area contributed by atoms with Gasteiger partial charge in [-0.3, -0.25) is 15.5 Å². The minimum atomic E-state index is -0.439. The third-order valence-corrected chi connectivity index (χ3v) is 3.35. The van der Waals surface area contributed by atoms with Crippen molar-refractivity contribution < 1.29 is 4.92 Å². The second kappa shape index (κ2) is 6.18. The predicted octanol–water partition coefficient (Wildman–Crippen LogP) is 2.15. The summed E-state index contributed by atoms with van der Waals surface area (Å²) in [6, 6.07) is 4.61. The molecule has 0 amide bonds. The van der Waals surface area contributed by atoms with Gasteiger partial charge in [-0.15, -0.1) is 11.3 Å². The molecule has 0 unspecified atom stereocenters. The molecule has 0 aliphatic carbocycles. The molecule has 0 atom stereocenters. The fourth-order valence-electron chi connectivity index (χ4n) is 1.66. The SMILES string of the molecule is CN(C)c1ccc([N+](=O)[O-])cc1C=NNc1nc(N)cs1. The highest BCUT2D eigenvalue weighted by Crippen LogP contribution is 2.23. The van der Waals surface area contributed by atoms with Crippen LogP contribution >= 0.6 is 11.3 Å². The zero-order valence-corrected chi connectivity index (χ0v) is 12.3. The molecule has 0 radical (unpaired) electrons. The van der Waals surface area contributed by atoms with Crippen molar-refractivity contribution in [3.63, 3.8) is 0 Å². The van der Waals surface area contributed by atoms with E-state index in [1.807, 2.05) is 19.0 Å². The summed E-state index contributed by atoms with van der Waals surface area (Å²) in [4.78, 5) is 16.3. The van der Waals surface area contributed by atoms with Gasteiger partial charge in [0.05, 0.1) is 11.1 Å². The third-order valence-electron chi connectivity index (χ3n) is 2.59. The van der Waals surface area contributed by atoms with Crippen LogP contribution in [0.2, 0.25) is 0 Å². The molecule has 0 aliphatic rings. The van der Waals surface area contributed by atoms with E-state index in [1.165, 1.54) is 29.7 Å². The van der Waals surface area contributed by atoms with Gasteiger partial charge in [0.1, 0.15) is 5.82 Å². The maximum Gasteiger partial charge on any atom is 0.270 e. The van der Waals surface area contributed by atoms with E-state index in [2.05, 4.69) is 15.5 Å². The Bertz CT molecular complexity index is 682. The molecule has 2 rings (SSSR count). The number of hydrogen-bond donors (Lipinski definition) is 2. The number of nitrogens with two attached hydrogens (primary N) is 1. The average Bonchev–Trinajstić information content (AvgIpc) is 2.84. The van der Waals surface area contributed by atoms with Gasteiger partial charge in [0.25, 0.3) is 5.69 Å². The van der Waals surface area contributed by atoms with Gasteiger partial charge in [0, 0.05) is 42.9 Å². The van der Waals surface area contributed by atoms with Crippen LogP contribution in [0.1, 0.15) is 5.56 Å². The number of nitrogens with one attached hydrogen (secondary N) is 1. The molecule has 110 valence electrons. The highest BCUT2D eigenvalue weighted by atomic mass is 32.1. The van der Waals surface area contributed by atoms with Crippen LogP contribution in [-0.2, 0) is 0 Å². The number of anilines is 3. The Balaban J connectivity index is 2.23. The minimum absolute atomic E-state index is 0.0144. The largest absolute Gasteiger partial charge is 0.383 e. The monoisotopic (exact) mass is 306 g/mol. The maximum absolute atomic E-state index is 10.8. The van der Waals surface area contributed by atoms with Crippen LogP contribution in [0.4, 0.5) is 22.3 Å². The van der Waals surface area contributed by atoms with E-state index >= 15 is 0 Å². The van der Waals surface area contributed by atoms with Crippen molar-refractivity contribution in [3.8, 4) is 0 Å². The van der Waals surface area contributed by atoms with Crippen molar-refractivity contribution in [1.29, 1.82) is 0 Å². The summed E-state index contributed by atoms with van der Waals surface area (Å²) in [6.07, 6.45) is 1.51. The number of hydrazone groups is 1. The molecule has 3 N–H and O–H groups in total. The zero-order valence-electron chi connectivity index (χ0n) is 11.5. The molecule has 21 heavy (non-hydrogen) atoms. The number of nitro groups is 1. The molecule has 1 aromatic carbocycles. The van der Waals surface area contributed by atoms with Crippen LogP contribution in [0.15, 0.2) is 28.7 Å². The predicted molar refractivity (Wildman–Crippen MR) is 85.2 cm³/mol. The summed E-state index contributed by atoms with van der Waals surface area (Å²) in [5.41, 5.74) is 9.71. The standard InChI is InChI=1S/C12H14N6O2S/c1-17(2)10-4-3-9(18(19)20)5-8(10)6-14-16-12-15-11(13)7-21-12/h3-7H,13H2,1-2H3,(H,15,16). The van der Waals surface area contributed by atoms with E-state index in [9.17, 15) is 10.1 Å². The van der Waals surface area contributed by atoms with E-state index in [-0.39, 0.29) is 5.69 Å². The number of hydrogen-bond acceptors (Lipinski definition) is 8. The van der Waals surface area contributed by atoms with Crippen molar-refractivity contribution in [2.24, 2.45) is 5.10 Å². The molecule has 8 nitrogen and oxygen atoms in total. The fraction of sp³-hybridized carbons (Fsp3) is 0.167. The van der Waals surface area contributed by atoms with E-state index in [0.717, 1.165) is 5.69 Å². The summed E-state index contributed by atoms with van der Waals surface area (Å²) >= 11 is 1.32. The van der Waals surface area contributed by atoms with Crippen LogP contribution < -0.4 is 16.1 Å². The summed E-state index contributed by atoms with van der Waals surface area (Å²) in [5, 5.41) is 17.1. The van der Waals surface area contributed by atoms with Gasteiger partial charge < -0.3 is 10.6 Å². The number of aromatic nitrogens is 1. The van der Waals surface area contributed by atoms with Gasteiger partial charge in [-0.05, 0) is 6.07 Å². The van der Waals surface area contributed by atoms with Crippen LogP contribution in [0.25, 0.3) is 0 Å². The Morgan fingerprint density at radius 3 is 2.86 bits per heavy atom. The van der Waals surface area contributed by atoms with Crippen LogP contribution in [-0.4, -0.2) is 30.2 Å². The van der Waals surface area contributed by atoms with Crippen molar-refractivity contribution >= 4 is 39.9 Å². The molecule has 0 saturated carbocycles. The smallest absolute Gasteiger partial charge is 0.270 e. The van der Waals surface area contributed by atoms with Crippen molar-refractivity contribution in [3.05, 3.63) is 39.3 Å². The van der Waals surface area contributed by atoms with Crippen molar-refractivity contribution in [2.75, 3.05) is 30.2 Å². The molecule has 0 saturated heterocycles. The molecule has 2 aromatic rings. The molecule has 0 bridgehead atoms. The third kappa shape index (κ3) is 3.66. The average molecular weight is 306 g/mol. The lowest BCUT2D eigenvalue weighted by Gasteiger charge is -2.14. The lowest BCUT2D eigenvalue weighted by molar-refractivity contribution is -0.384. The first-order valence-electron chi connectivity index (χ1n) is 5.93. The summed E-state index contributed by atoms with van der Waals surface area (Å²) in [7, 11) is 3.71. The molecule has 0 spiro atoms. The van der Waals surface area contributed by atoms with Crippen LogP contribution in [0.3, 0.4) is 0 Å². The number of nitrogens with zero attached hydrogens (tertiary/aromatic N) is 4. The lowest BCUT2D eigenvalue weighted by atomic mass is 10.1. The van der Waals surface area contributed by atoms with Crippen LogP contribution in [0.5, 0.6) is 0 Å². The summed E-state index contributed by atoms with van der Waals surface area (Å²) in [5.74, 6) is 0.419.